The van der Waals surface area contributed by atoms with Gasteiger partial charge >= 0.3 is 0 Å². The second kappa shape index (κ2) is 9.51. The Hall–Kier alpha value is -2.94. The monoisotopic (exact) mass is 454 g/mol. The zero-order valence-corrected chi connectivity index (χ0v) is 19.7. The maximum atomic E-state index is 13.6. The molecule has 5 atom stereocenters. The third-order valence-electron chi connectivity index (χ3n) is 7.19. The van der Waals surface area contributed by atoms with Crippen molar-refractivity contribution in [2.45, 2.75) is 64.2 Å². The molecule has 0 bridgehead atoms. The average Bonchev–Trinajstić information content (AvgIpc) is 3.51. The Morgan fingerprint density at radius 2 is 1.88 bits per heavy atom. The third-order valence-corrected chi connectivity index (χ3v) is 7.19. The molecular weight excluding hydrogens is 420 g/mol. The average molecular weight is 455 g/mol. The molecule has 1 aliphatic carbocycles. The molecule has 1 aliphatic heterocycles. The number of H-pyrrole nitrogens is 1. The van der Waals surface area contributed by atoms with Gasteiger partial charge in [0.15, 0.2) is 5.69 Å². The zero-order valence-electron chi connectivity index (χ0n) is 19.7. The number of amides is 3. The van der Waals surface area contributed by atoms with Crippen LogP contribution >= 0.6 is 0 Å². The predicted molar refractivity (Wildman–Crippen MR) is 125 cm³/mol. The molecule has 2 heterocycles. The molecule has 33 heavy (non-hydrogen) atoms. The number of fused-ring (bicyclic) bond motifs is 2. The first-order valence-corrected chi connectivity index (χ1v) is 11.8. The van der Waals surface area contributed by atoms with Gasteiger partial charge < -0.3 is 20.9 Å². The summed E-state index contributed by atoms with van der Waals surface area (Å²) in [4.78, 5) is 41.0. The number of carbonyl (C=O) groups is 3. The normalized spacial score (nSPS) is 24.0. The minimum Gasteiger partial charge on any atom is -0.346 e. The topological polar surface area (TPSA) is 119 Å². The SMILES string of the molecule is CN[C@@H](C)C(=O)N[C@H](C(=O)N1CCC2CCC(NC(=O)c3n[nH]c4ccccc34)[C@H]21)C(C)C. The highest BCUT2D eigenvalue weighted by Crippen LogP contribution is 2.39. The molecule has 4 N–H and O–H groups in total. The molecule has 2 fully saturated rings. The molecule has 2 aromatic rings. The molecule has 0 radical (unpaired) electrons. The molecule has 2 unspecified atom stereocenters. The van der Waals surface area contributed by atoms with Crippen LogP contribution in [0, 0.1) is 11.8 Å². The van der Waals surface area contributed by atoms with E-state index in [-0.39, 0.29) is 41.8 Å². The van der Waals surface area contributed by atoms with E-state index in [1.54, 1.807) is 14.0 Å². The van der Waals surface area contributed by atoms with Crippen LogP contribution in [0.4, 0.5) is 0 Å². The number of aromatic amines is 1. The minimum absolute atomic E-state index is 0.0468. The van der Waals surface area contributed by atoms with Crippen molar-refractivity contribution in [3.8, 4) is 0 Å². The minimum atomic E-state index is -0.598. The van der Waals surface area contributed by atoms with Crippen LogP contribution in [0.2, 0.25) is 0 Å². The lowest BCUT2D eigenvalue weighted by Gasteiger charge is -2.34. The molecule has 1 saturated heterocycles. The van der Waals surface area contributed by atoms with E-state index in [4.69, 9.17) is 0 Å². The van der Waals surface area contributed by atoms with Gasteiger partial charge in [0.25, 0.3) is 5.91 Å². The molecule has 178 valence electrons. The first-order chi connectivity index (χ1) is 15.8. The lowest BCUT2D eigenvalue weighted by Crippen LogP contribution is -2.58. The number of nitrogens with zero attached hydrogens (tertiary/aromatic N) is 2. The van der Waals surface area contributed by atoms with Gasteiger partial charge in [-0.1, -0.05) is 32.0 Å². The smallest absolute Gasteiger partial charge is 0.272 e. The highest BCUT2D eigenvalue weighted by molar-refractivity contribution is 6.04. The Labute approximate surface area is 194 Å². The van der Waals surface area contributed by atoms with Gasteiger partial charge in [-0.3, -0.25) is 19.5 Å². The van der Waals surface area contributed by atoms with Gasteiger partial charge in [0.2, 0.25) is 11.8 Å². The first kappa shape index (κ1) is 23.2. The Balaban J connectivity index is 1.49. The van der Waals surface area contributed by atoms with Gasteiger partial charge in [-0.2, -0.15) is 5.10 Å². The molecule has 2 aliphatic rings. The van der Waals surface area contributed by atoms with Crippen molar-refractivity contribution in [3.05, 3.63) is 30.0 Å². The van der Waals surface area contributed by atoms with Crippen molar-refractivity contribution >= 4 is 28.6 Å². The molecule has 1 saturated carbocycles. The second-order valence-electron chi connectivity index (χ2n) is 9.59. The molecule has 9 heteroatoms. The van der Waals surface area contributed by atoms with Crippen LogP contribution in [0.25, 0.3) is 10.9 Å². The van der Waals surface area contributed by atoms with Crippen LogP contribution in [0.3, 0.4) is 0 Å². The van der Waals surface area contributed by atoms with Crippen LogP contribution in [0.5, 0.6) is 0 Å². The number of para-hydroxylation sites is 1. The third kappa shape index (κ3) is 4.46. The Morgan fingerprint density at radius 1 is 1.12 bits per heavy atom. The fraction of sp³-hybridized carbons (Fsp3) is 0.583. The van der Waals surface area contributed by atoms with Crippen LogP contribution in [-0.2, 0) is 9.59 Å². The number of rotatable bonds is 7. The maximum Gasteiger partial charge on any atom is 0.272 e. The van der Waals surface area contributed by atoms with E-state index in [1.165, 1.54) is 0 Å². The van der Waals surface area contributed by atoms with E-state index in [0.717, 1.165) is 30.2 Å². The van der Waals surface area contributed by atoms with Crippen molar-refractivity contribution in [2.75, 3.05) is 13.6 Å². The quantitative estimate of drug-likeness (QED) is 0.505. The number of benzene rings is 1. The summed E-state index contributed by atoms with van der Waals surface area (Å²) in [6, 6.07) is 6.36. The first-order valence-electron chi connectivity index (χ1n) is 11.8. The van der Waals surface area contributed by atoms with Crippen LogP contribution < -0.4 is 16.0 Å². The van der Waals surface area contributed by atoms with Crippen LogP contribution in [0.1, 0.15) is 50.5 Å². The number of aromatic nitrogens is 2. The Morgan fingerprint density at radius 3 is 2.61 bits per heavy atom. The van der Waals surface area contributed by atoms with E-state index >= 15 is 0 Å². The summed E-state index contributed by atoms with van der Waals surface area (Å²) in [6.45, 7) is 6.30. The molecule has 4 rings (SSSR count). The van der Waals surface area contributed by atoms with Crippen LogP contribution in [-0.4, -0.2) is 70.6 Å². The van der Waals surface area contributed by atoms with E-state index in [1.807, 2.05) is 43.0 Å². The summed E-state index contributed by atoms with van der Waals surface area (Å²) >= 11 is 0. The highest BCUT2D eigenvalue weighted by atomic mass is 16.2. The fourth-order valence-electron chi connectivity index (χ4n) is 5.19. The number of likely N-dealkylation sites (N-methyl/N-ethyl adjacent to an activating group) is 1. The van der Waals surface area contributed by atoms with Gasteiger partial charge in [0, 0.05) is 18.0 Å². The fourth-order valence-corrected chi connectivity index (χ4v) is 5.19. The number of likely N-dealkylation sites (tertiary alicyclic amines) is 1. The Kier molecular flexibility index (Phi) is 6.69. The van der Waals surface area contributed by atoms with E-state index < -0.39 is 6.04 Å². The number of hydrogen-bond donors (Lipinski definition) is 4. The summed E-state index contributed by atoms with van der Waals surface area (Å²) in [5, 5.41) is 16.9. The Bertz CT molecular complexity index is 1030. The van der Waals surface area contributed by atoms with Gasteiger partial charge in [0.05, 0.1) is 17.6 Å². The molecule has 3 amide bonds. The van der Waals surface area contributed by atoms with Gasteiger partial charge in [-0.05, 0) is 51.1 Å². The molecule has 9 nitrogen and oxygen atoms in total. The number of nitrogens with one attached hydrogen (secondary N) is 4. The highest BCUT2D eigenvalue weighted by Gasteiger charge is 2.48. The lowest BCUT2D eigenvalue weighted by molar-refractivity contribution is -0.139. The van der Waals surface area contributed by atoms with E-state index in [2.05, 4.69) is 26.1 Å². The van der Waals surface area contributed by atoms with E-state index in [9.17, 15) is 14.4 Å². The van der Waals surface area contributed by atoms with Crippen molar-refractivity contribution in [2.24, 2.45) is 11.8 Å². The lowest BCUT2D eigenvalue weighted by atomic mass is 9.99. The molecule has 1 aromatic carbocycles. The van der Waals surface area contributed by atoms with E-state index in [0.29, 0.717) is 18.2 Å². The number of hydrogen-bond acceptors (Lipinski definition) is 5. The van der Waals surface area contributed by atoms with Gasteiger partial charge in [0.1, 0.15) is 6.04 Å². The molecule has 0 spiro atoms. The van der Waals surface area contributed by atoms with Gasteiger partial charge in [-0.25, -0.2) is 0 Å². The summed E-state index contributed by atoms with van der Waals surface area (Å²) in [7, 11) is 1.72. The van der Waals surface area contributed by atoms with Crippen molar-refractivity contribution in [1.29, 1.82) is 0 Å². The number of carbonyl (C=O) groups excluding carboxylic acids is 3. The largest absolute Gasteiger partial charge is 0.346 e. The molecule has 1 aromatic heterocycles. The van der Waals surface area contributed by atoms with Gasteiger partial charge in [-0.15, -0.1) is 0 Å². The standard InChI is InChI=1S/C24H34N6O3/c1-13(2)19(27-22(31)14(3)25-4)24(33)30-12-11-15-9-10-18(21(15)30)26-23(32)20-16-7-5-6-8-17(16)28-29-20/h5-8,13-15,18-19,21,25H,9-12H2,1-4H3,(H,26,32)(H,27,31)(H,28,29)/t14-,15?,18?,19-,21-/m0/s1. The summed E-state index contributed by atoms with van der Waals surface area (Å²) in [6.07, 6.45) is 2.71. The van der Waals surface area contributed by atoms with Crippen molar-refractivity contribution < 1.29 is 14.4 Å². The zero-order chi connectivity index (χ0) is 23.7. The summed E-state index contributed by atoms with van der Waals surface area (Å²) in [5.74, 6) is -0.180. The summed E-state index contributed by atoms with van der Waals surface area (Å²) in [5.41, 5.74) is 1.19. The van der Waals surface area contributed by atoms with Crippen molar-refractivity contribution in [1.82, 2.24) is 31.0 Å². The predicted octanol–water partition coefficient (Wildman–Crippen LogP) is 1.42. The summed E-state index contributed by atoms with van der Waals surface area (Å²) < 4.78 is 0. The van der Waals surface area contributed by atoms with Crippen molar-refractivity contribution in [3.63, 3.8) is 0 Å². The second-order valence-corrected chi connectivity index (χ2v) is 9.59. The van der Waals surface area contributed by atoms with Crippen LogP contribution in [0.15, 0.2) is 24.3 Å². The molecular formula is C24H34N6O3. The maximum absolute atomic E-state index is 13.6.